The molecule has 0 aliphatic rings. The van der Waals surface area contributed by atoms with E-state index in [9.17, 15) is 14.3 Å². The average Bonchev–Trinajstić information content (AvgIpc) is 3.02. The van der Waals surface area contributed by atoms with Gasteiger partial charge in [-0.25, -0.2) is 9.07 Å². The van der Waals surface area contributed by atoms with Crippen molar-refractivity contribution in [2.45, 2.75) is 13.0 Å². The first kappa shape index (κ1) is 16.9. The Morgan fingerprint density at radius 3 is 2.64 bits per heavy atom. The van der Waals surface area contributed by atoms with Gasteiger partial charge in [0.15, 0.2) is 5.69 Å². The molecule has 25 heavy (non-hydrogen) atoms. The summed E-state index contributed by atoms with van der Waals surface area (Å²) in [5.41, 5.74) is 2.25. The van der Waals surface area contributed by atoms with Gasteiger partial charge >= 0.3 is 0 Å². The molecule has 1 heterocycles. The van der Waals surface area contributed by atoms with Crippen molar-refractivity contribution in [2.75, 3.05) is 6.61 Å². The van der Waals surface area contributed by atoms with Gasteiger partial charge in [0.2, 0.25) is 0 Å². The zero-order chi connectivity index (χ0) is 17.8. The molecule has 0 saturated carbocycles. The molecule has 128 valence electrons. The van der Waals surface area contributed by atoms with Crippen molar-refractivity contribution in [1.82, 2.24) is 15.1 Å². The second kappa shape index (κ2) is 7.27. The molecule has 2 aromatic carbocycles. The van der Waals surface area contributed by atoms with Gasteiger partial charge in [-0.2, -0.15) is 5.10 Å². The van der Waals surface area contributed by atoms with Crippen LogP contribution in [0.15, 0.2) is 60.7 Å². The van der Waals surface area contributed by atoms with Crippen molar-refractivity contribution in [1.29, 1.82) is 0 Å². The molecule has 0 spiro atoms. The molecule has 1 amide bonds. The summed E-state index contributed by atoms with van der Waals surface area (Å²) in [7, 11) is 0. The van der Waals surface area contributed by atoms with Gasteiger partial charge in [0.05, 0.1) is 18.3 Å². The van der Waals surface area contributed by atoms with E-state index in [4.69, 9.17) is 0 Å². The third-order valence-corrected chi connectivity index (χ3v) is 3.86. The Labute approximate surface area is 144 Å². The summed E-state index contributed by atoms with van der Waals surface area (Å²) in [5.74, 6) is -0.774. The number of aliphatic hydroxyl groups is 1. The number of carbonyl (C=O) groups is 1. The Balaban J connectivity index is 1.82. The summed E-state index contributed by atoms with van der Waals surface area (Å²) >= 11 is 0. The van der Waals surface area contributed by atoms with E-state index >= 15 is 0 Å². The van der Waals surface area contributed by atoms with Crippen LogP contribution in [0.5, 0.6) is 0 Å². The minimum atomic E-state index is -0.520. The summed E-state index contributed by atoms with van der Waals surface area (Å²) < 4.78 is 14.9. The highest BCUT2D eigenvalue weighted by atomic mass is 19.1. The molecule has 1 aromatic heterocycles. The van der Waals surface area contributed by atoms with Gasteiger partial charge in [-0.15, -0.1) is 0 Å². The summed E-state index contributed by atoms with van der Waals surface area (Å²) in [6.45, 7) is 1.56. The Hall–Kier alpha value is -2.99. The predicted molar refractivity (Wildman–Crippen MR) is 92.0 cm³/mol. The van der Waals surface area contributed by atoms with Crippen LogP contribution in [0.4, 0.5) is 4.39 Å². The van der Waals surface area contributed by atoms with Gasteiger partial charge < -0.3 is 10.4 Å². The lowest BCUT2D eigenvalue weighted by Gasteiger charge is -2.15. The van der Waals surface area contributed by atoms with Gasteiger partial charge in [0.1, 0.15) is 5.82 Å². The van der Waals surface area contributed by atoms with Crippen LogP contribution < -0.4 is 5.32 Å². The van der Waals surface area contributed by atoms with Crippen molar-refractivity contribution in [3.05, 3.63) is 83.4 Å². The number of nitrogens with one attached hydrogen (secondary N) is 1. The molecule has 5 nitrogen and oxygen atoms in total. The van der Waals surface area contributed by atoms with Crippen molar-refractivity contribution in [3.63, 3.8) is 0 Å². The zero-order valence-electron chi connectivity index (χ0n) is 13.7. The van der Waals surface area contributed by atoms with Crippen LogP contribution in [0.25, 0.3) is 5.69 Å². The van der Waals surface area contributed by atoms with Crippen molar-refractivity contribution < 1.29 is 14.3 Å². The lowest BCUT2D eigenvalue weighted by Crippen LogP contribution is -2.31. The van der Waals surface area contributed by atoms with E-state index in [-0.39, 0.29) is 18.1 Å². The fourth-order valence-corrected chi connectivity index (χ4v) is 2.61. The summed E-state index contributed by atoms with van der Waals surface area (Å²) in [5, 5.41) is 16.6. The third kappa shape index (κ3) is 3.75. The van der Waals surface area contributed by atoms with Crippen molar-refractivity contribution in [2.24, 2.45) is 0 Å². The Morgan fingerprint density at radius 2 is 1.96 bits per heavy atom. The number of nitrogens with zero attached hydrogens (tertiary/aromatic N) is 2. The molecule has 0 radical (unpaired) electrons. The summed E-state index contributed by atoms with van der Waals surface area (Å²) in [6.07, 6.45) is 0. The number of aromatic nitrogens is 2. The number of rotatable bonds is 5. The number of aryl methyl sites for hydroxylation is 1. The maximum atomic E-state index is 13.4. The van der Waals surface area contributed by atoms with Crippen LogP contribution in [-0.2, 0) is 0 Å². The molecule has 0 aliphatic carbocycles. The molecule has 0 bridgehead atoms. The zero-order valence-corrected chi connectivity index (χ0v) is 13.7. The van der Waals surface area contributed by atoms with Crippen LogP contribution in [0.3, 0.4) is 0 Å². The van der Waals surface area contributed by atoms with Crippen molar-refractivity contribution >= 4 is 5.91 Å². The fourth-order valence-electron chi connectivity index (χ4n) is 2.61. The largest absolute Gasteiger partial charge is 0.394 e. The van der Waals surface area contributed by atoms with E-state index in [0.717, 1.165) is 5.56 Å². The van der Waals surface area contributed by atoms with Crippen molar-refractivity contribution in [3.8, 4) is 5.69 Å². The molecule has 6 heteroatoms. The summed E-state index contributed by atoms with van der Waals surface area (Å²) in [4.78, 5) is 12.5. The van der Waals surface area contributed by atoms with Gasteiger partial charge in [-0.3, -0.25) is 4.79 Å². The lowest BCUT2D eigenvalue weighted by atomic mass is 10.1. The first-order valence-corrected chi connectivity index (χ1v) is 7.88. The number of carbonyl (C=O) groups excluding carboxylic acids is 1. The number of aliphatic hydroxyl groups excluding tert-OH is 1. The van der Waals surface area contributed by atoms with E-state index in [0.29, 0.717) is 11.4 Å². The Kier molecular flexibility index (Phi) is 4.90. The van der Waals surface area contributed by atoms with Gasteiger partial charge in [-0.1, -0.05) is 36.4 Å². The van der Waals surface area contributed by atoms with Crippen LogP contribution in [0.1, 0.15) is 27.8 Å². The highest BCUT2D eigenvalue weighted by molar-refractivity contribution is 5.92. The molecule has 1 atom stereocenters. The maximum absolute atomic E-state index is 13.4. The average molecular weight is 339 g/mol. The maximum Gasteiger partial charge on any atom is 0.272 e. The quantitative estimate of drug-likeness (QED) is 0.751. The first-order valence-electron chi connectivity index (χ1n) is 7.88. The predicted octanol–water partition coefficient (Wildman–Crippen LogP) is 2.78. The van der Waals surface area contributed by atoms with Gasteiger partial charge in [0, 0.05) is 5.69 Å². The first-order chi connectivity index (χ1) is 12.1. The van der Waals surface area contributed by atoms with E-state index in [1.165, 1.54) is 16.8 Å². The van der Waals surface area contributed by atoms with Gasteiger partial charge in [0.25, 0.3) is 5.91 Å². The molecule has 1 unspecified atom stereocenters. The number of halogens is 1. The topological polar surface area (TPSA) is 67.2 Å². The van der Waals surface area contributed by atoms with E-state index in [1.807, 2.05) is 30.3 Å². The minimum absolute atomic E-state index is 0.205. The standard InChI is InChI=1S/C19H18FN3O2/c1-13-10-17(22-23(13)16-9-5-8-15(20)11-16)19(25)21-18(12-24)14-6-3-2-4-7-14/h2-11,18,24H,12H2,1H3,(H,21,25). The molecule has 0 saturated heterocycles. The second-order valence-corrected chi connectivity index (χ2v) is 5.68. The van der Waals surface area contributed by atoms with Crippen LogP contribution in [0.2, 0.25) is 0 Å². The smallest absolute Gasteiger partial charge is 0.272 e. The molecular weight excluding hydrogens is 321 g/mol. The second-order valence-electron chi connectivity index (χ2n) is 5.68. The Morgan fingerprint density at radius 1 is 1.20 bits per heavy atom. The molecular formula is C19H18FN3O2. The number of hydrogen-bond acceptors (Lipinski definition) is 3. The number of benzene rings is 2. The highest BCUT2D eigenvalue weighted by Gasteiger charge is 2.18. The summed E-state index contributed by atoms with van der Waals surface area (Å²) in [6, 6.07) is 16.3. The normalized spacial score (nSPS) is 12.0. The van der Waals surface area contributed by atoms with Crippen LogP contribution >= 0.6 is 0 Å². The molecule has 3 aromatic rings. The van der Waals surface area contributed by atoms with Gasteiger partial charge in [-0.05, 0) is 36.8 Å². The molecule has 2 N–H and O–H groups in total. The fraction of sp³-hybridized carbons (Fsp3) is 0.158. The van der Waals surface area contributed by atoms with Crippen LogP contribution in [-0.4, -0.2) is 27.4 Å². The highest BCUT2D eigenvalue weighted by Crippen LogP contribution is 2.16. The van der Waals surface area contributed by atoms with E-state index in [1.54, 1.807) is 25.1 Å². The number of hydrogen-bond donors (Lipinski definition) is 2. The third-order valence-electron chi connectivity index (χ3n) is 3.86. The minimum Gasteiger partial charge on any atom is -0.394 e. The van der Waals surface area contributed by atoms with E-state index < -0.39 is 11.9 Å². The SMILES string of the molecule is Cc1cc(C(=O)NC(CO)c2ccccc2)nn1-c1cccc(F)c1. The Bertz CT molecular complexity index is 877. The molecule has 0 aliphatic heterocycles. The lowest BCUT2D eigenvalue weighted by molar-refractivity contribution is 0.0910. The van der Waals surface area contributed by atoms with E-state index in [2.05, 4.69) is 10.4 Å². The van der Waals surface area contributed by atoms with Crippen LogP contribution in [0, 0.1) is 12.7 Å². The molecule has 3 rings (SSSR count). The monoisotopic (exact) mass is 339 g/mol. The number of amides is 1. The molecule has 0 fully saturated rings.